The van der Waals surface area contributed by atoms with Gasteiger partial charge in [0.05, 0.1) is 4.90 Å². The zero-order chi connectivity index (χ0) is 20.2. The van der Waals surface area contributed by atoms with E-state index in [1.807, 2.05) is 19.1 Å². The van der Waals surface area contributed by atoms with Crippen LogP contribution in [0.25, 0.3) is 0 Å². The van der Waals surface area contributed by atoms with Crippen molar-refractivity contribution in [2.24, 2.45) is 23.7 Å². The predicted octanol–water partition coefficient (Wildman–Crippen LogP) is 3.48. The van der Waals surface area contributed by atoms with E-state index in [0.717, 1.165) is 49.0 Å². The van der Waals surface area contributed by atoms with Crippen molar-refractivity contribution in [3.05, 3.63) is 29.8 Å². The second kappa shape index (κ2) is 7.09. The summed E-state index contributed by atoms with van der Waals surface area (Å²) in [5, 5.41) is 3.44. The molecule has 29 heavy (non-hydrogen) atoms. The third-order valence-electron chi connectivity index (χ3n) is 7.82. The van der Waals surface area contributed by atoms with Gasteiger partial charge in [-0.15, -0.1) is 0 Å². The molecule has 1 N–H and O–H groups in total. The summed E-state index contributed by atoms with van der Waals surface area (Å²) in [4.78, 5) is 13.2. The maximum absolute atomic E-state index is 12.9. The Labute approximate surface area is 174 Å². The number of sulfonamides is 1. The molecule has 158 valence electrons. The van der Waals surface area contributed by atoms with E-state index in [0.29, 0.717) is 24.4 Å². The molecule has 1 aliphatic heterocycles. The summed E-state index contributed by atoms with van der Waals surface area (Å²) in [5.41, 5.74) is 1.09. The van der Waals surface area contributed by atoms with Crippen LogP contribution >= 0.6 is 0 Å². The van der Waals surface area contributed by atoms with E-state index in [9.17, 15) is 13.2 Å². The van der Waals surface area contributed by atoms with Crippen molar-refractivity contribution in [1.29, 1.82) is 0 Å². The molecule has 4 aliphatic carbocycles. The summed E-state index contributed by atoms with van der Waals surface area (Å²) in [6, 6.07) is 7.02. The first-order valence-electron chi connectivity index (χ1n) is 11.2. The van der Waals surface area contributed by atoms with Gasteiger partial charge in [0.15, 0.2) is 0 Å². The topological polar surface area (TPSA) is 66.5 Å². The predicted molar refractivity (Wildman–Crippen MR) is 112 cm³/mol. The van der Waals surface area contributed by atoms with E-state index in [4.69, 9.17) is 0 Å². The first kappa shape index (κ1) is 19.6. The molecule has 1 aromatic carbocycles. The lowest BCUT2D eigenvalue weighted by Crippen LogP contribution is -2.60. The van der Waals surface area contributed by atoms with Gasteiger partial charge in [-0.25, -0.2) is 8.42 Å². The van der Waals surface area contributed by atoms with Crippen LogP contribution in [-0.2, 0) is 14.8 Å². The molecule has 0 aromatic heterocycles. The number of amides is 1. The summed E-state index contributed by atoms with van der Waals surface area (Å²) in [6.07, 6.45) is 8.77. The minimum atomic E-state index is -3.47. The first-order valence-corrected chi connectivity index (χ1v) is 12.6. The van der Waals surface area contributed by atoms with Gasteiger partial charge in [0.25, 0.3) is 0 Å². The Bertz CT molecular complexity index is 858. The third-order valence-corrected chi connectivity index (χ3v) is 9.70. The Balaban J connectivity index is 1.19. The van der Waals surface area contributed by atoms with Crippen LogP contribution in [0, 0.1) is 30.6 Å². The van der Waals surface area contributed by atoms with Gasteiger partial charge in [-0.05, 0) is 87.7 Å². The maximum Gasteiger partial charge on any atom is 0.243 e. The highest BCUT2D eigenvalue weighted by molar-refractivity contribution is 7.89. The quantitative estimate of drug-likeness (QED) is 0.799. The Kier molecular flexibility index (Phi) is 4.78. The van der Waals surface area contributed by atoms with Gasteiger partial charge in [-0.1, -0.05) is 17.7 Å². The Morgan fingerprint density at radius 2 is 1.66 bits per heavy atom. The minimum absolute atomic E-state index is 0.0398. The largest absolute Gasteiger partial charge is 0.351 e. The molecule has 1 unspecified atom stereocenters. The monoisotopic (exact) mass is 416 g/mol. The van der Waals surface area contributed by atoms with Crippen molar-refractivity contribution in [3.63, 3.8) is 0 Å². The molecule has 0 radical (unpaired) electrons. The average molecular weight is 417 g/mol. The SMILES string of the molecule is Cc1ccc(S(=O)(=O)N2CCC(CC(=O)NC34CC5CC(CC(C5)C3)C4)C2)cc1. The molecule has 1 amide bonds. The van der Waals surface area contributed by atoms with Gasteiger partial charge in [0.1, 0.15) is 0 Å². The molecule has 1 saturated heterocycles. The fourth-order valence-electron chi connectivity index (χ4n) is 6.91. The number of carbonyl (C=O) groups is 1. The molecule has 5 aliphatic rings. The van der Waals surface area contributed by atoms with Crippen molar-refractivity contribution >= 4 is 15.9 Å². The lowest BCUT2D eigenvalue weighted by Gasteiger charge is -2.57. The van der Waals surface area contributed by atoms with Gasteiger partial charge in [0, 0.05) is 25.0 Å². The summed E-state index contributed by atoms with van der Waals surface area (Å²) in [6.45, 7) is 2.90. The van der Waals surface area contributed by atoms with Crippen molar-refractivity contribution in [2.75, 3.05) is 13.1 Å². The number of benzene rings is 1. The van der Waals surface area contributed by atoms with Gasteiger partial charge in [-0.2, -0.15) is 4.31 Å². The normalized spacial score (nSPS) is 36.4. The second-order valence-electron chi connectivity index (χ2n) is 10.3. The molecule has 1 aromatic rings. The summed E-state index contributed by atoms with van der Waals surface area (Å²) in [5.74, 6) is 2.67. The van der Waals surface area contributed by atoms with Crippen molar-refractivity contribution in [3.8, 4) is 0 Å². The van der Waals surface area contributed by atoms with Crippen molar-refractivity contribution < 1.29 is 13.2 Å². The highest BCUT2D eigenvalue weighted by atomic mass is 32.2. The van der Waals surface area contributed by atoms with Gasteiger partial charge in [-0.3, -0.25) is 4.79 Å². The van der Waals surface area contributed by atoms with Crippen LogP contribution < -0.4 is 5.32 Å². The summed E-state index contributed by atoms with van der Waals surface area (Å²) >= 11 is 0. The number of hydrogen-bond donors (Lipinski definition) is 1. The van der Waals surface area contributed by atoms with Crippen molar-refractivity contribution in [1.82, 2.24) is 9.62 Å². The molecule has 6 heteroatoms. The average Bonchev–Trinajstić information content (AvgIpc) is 3.09. The van der Waals surface area contributed by atoms with Crippen LogP contribution in [0.2, 0.25) is 0 Å². The van der Waals surface area contributed by atoms with E-state index < -0.39 is 10.0 Å². The van der Waals surface area contributed by atoms with E-state index >= 15 is 0 Å². The van der Waals surface area contributed by atoms with Crippen LogP contribution in [0.5, 0.6) is 0 Å². The Hall–Kier alpha value is -1.40. The van der Waals surface area contributed by atoms with Crippen LogP contribution in [0.1, 0.15) is 56.9 Å². The lowest BCUT2D eigenvalue weighted by atomic mass is 9.53. The molecule has 4 bridgehead atoms. The second-order valence-corrected chi connectivity index (χ2v) is 12.2. The molecule has 1 atom stereocenters. The fourth-order valence-corrected chi connectivity index (χ4v) is 8.45. The van der Waals surface area contributed by atoms with Gasteiger partial charge >= 0.3 is 0 Å². The molecule has 5 nitrogen and oxygen atoms in total. The molecular weight excluding hydrogens is 384 g/mol. The summed E-state index contributed by atoms with van der Waals surface area (Å²) < 4.78 is 27.4. The molecule has 1 heterocycles. The Morgan fingerprint density at radius 3 is 2.24 bits per heavy atom. The van der Waals surface area contributed by atoms with Gasteiger partial charge < -0.3 is 5.32 Å². The van der Waals surface area contributed by atoms with Crippen LogP contribution in [0.3, 0.4) is 0 Å². The molecule has 5 fully saturated rings. The highest BCUT2D eigenvalue weighted by Gasteiger charge is 2.51. The highest BCUT2D eigenvalue weighted by Crippen LogP contribution is 2.55. The first-order chi connectivity index (χ1) is 13.8. The van der Waals surface area contributed by atoms with E-state index in [1.165, 1.54) is 19.3 Å². The minimum Gasteiger partial charge on any atom is -0.351 e. The number of nitrogens with zero attached hydrogens (tertiary/aromatic N) is 1. The number of aryl methyl sites for hydroxylation is 1. The molecule has 6 rings (SSSR count). The number of rotatable bonds is 5. The maximum atomic E-state index is 12.9. The Morgan fingerprint density at radius 1 is 1.07 bits per heavy atom. The molecule has 0 spiro atoms. The summed E-state index contributed by atoms with van der Waals surface area (Å²) in [7, 11) is -3.47. The number of nitrogens with one attached hydrogen (secondary N) is 1. The van der Waals surface area contributed by atoms with Gasteiger partial charge in [0.2, 0.25) is 15.9 Å². The lowest BCUT2D eigenvalue weighted by molar-refractivity contribution is -0.127. The van der Waals surface area contributed by atoms with Crippen LogP contribution in [0.15, 0.2) is 29.2 Å². The molecule has 4 saturated carbocycles. The zero-order valence-electron chi connectivity index (χ0n) is 17.3. The third kappa shape index (κ3) is 3.74. The molecular formula is C23H32N2O3S. The van der Waals surface area contributed by atoms with Crippen LogP contribution in [0.4, 0.5) is 0 Å². The fraction of sp³-hybridized carbons (Fsp3) is 0.696. The number of carbonyl (C=O) groups excluding carboxylic acids is 1. The van der Waals surface area contributed by atoms with E-state index in [-0.39, 0.29) is 17.4 Å². The zero-order valence-corrected chi connectivity index (χ0v) is 18.1. The van der Waals surface area contributed by atoms with E-state index in [1.54, 1.807) is 16.4 Å². The number of hydrogen-bond acceptors (Lipinski definition) is 3. The van der Waals surface area contributed by atoms with Crippen molar-refractivity contribution in [2.45, 2.75) is 68.7 Å². The standard InChI is InChI=1S/C23H32N2O3S/c1-16-2-4-21(5-3-16)29(27,28)25-7-6-17(15-25)11-22(26)24-23-12-18-8-19(13-23)10-20(9-18)14-23/h2-5,17-20H,6-15H2,1H3,(H,24,26). The van der Waals surface area contributed by atoms with Crippen LogP contribution in [-0.4, -0.2) is 37.3 Å². The van der Waals surface area contributed by atoms with E-state index in [2.05, 4.69) is 5.32 Å². The smallest absolute Gasteiger partial charge is 0.243 e.